The zero-order valence-electron chi connectivity index (χ0n) is 11.7. The van der Waals surface area contributed by atoms with Gasteiger partial charge in [0.05, 0.1) is 11.7 Å². The average molecular weight is 315 g/mol. The molecule has 2 nitrogen and oxygen atoms in total. The first kappa shape index (κ1) is 15.7. The van der Waals surface area contributed by atoms with E-state index < -0.39 is 12.8 Å². The number of benzene rings is 1. The quantitative estimate of drug-likeness (QED) is 0.822. The van der Waals surface area contributed by atoms with Gasteiger partial charge in [-0.2, -0.15) is 13.2 Å². The second-order valence-electron chi connectivity index (χ2n) is 4.73. The first-order valence-corrected chi connectivity index (χ1v) is 7.34. The van der Waals surface area contributed by atoms with E-state index in [9.17, 15) is 13.2 Å². The molecule has 0 aliphatic rings. The van der Waals surface area contributed by atoms with Gasteiger partial charge in [0.2, 0.25) is 0 Å². The predicted molar refractivity (Wildman–Crippen MR) is 79.1 cm³/mol. The molecule has 0 radical (unpaired) electrons. The fourth-order valence-corrected chi connectivity index (χ4v) is 2.93. The zero-order valence-corrected chi connectivity index (χ0v) is 12.5. The number of anilines is 1. The number of hydrogen-bond acceptors (Lipinski definition) is 3. The molecule has 0 saturated heterocycles. The summed E-state index contributed by atoms with van der Waals surface area (Å²) >= 11 is 1.62. The molecule has 2 aromatic rings. The van der Waals surface area contributed by atoms with Gasteiger partial charge in [0.15, 0.2) is 6.61 Å². The van der Waals surface area contributed by atoms with Gasteiger partial charge in [-0.25, -0.2) is 0 Å². The number of ether oxygens (including phenoxy) is 1. The van der Waals surface area contributed by atoms with E-state index in [-0.39, 0.29) is 11.8 Å². The van der Waals surface area contributed by atoms with Gasteiger partial charge in [-0.15, -0.1) is 11.3 Å². The summed E-state index contributed by atoms with van der Waals surface area (Å²) in [7, 11) is 0. The van der Waals surface area contributed by atoms with E-state index in [0.29, 0.717) is 5.69 Å². The van der Waals surface area contributed by atoms with Gasteiger partial charge in [-0.05, 0) is 43.0 Å². The minimum atomic E-state index is -4.34. The van der Waals surface area contributed by atoms with Crippen LogP contribution < -0.4 is 10.1 Å². The van der Waals surface area contributed by atoms with E-state index in [2.05, 4.69) is 5.32 Å². The molecule has 2 rings (SSSR count). The molecule has 21 heavy (non-hydrogen) atoms. The molecule has 1 atom stereocenters. The summed E-state index contributed by atoms with van der Waals surface area (Å²) in [5, 5.41) is 5.20. The van der Waals surface area contributed by atoms with Crippen LogP contribution in [0.5, 0.6) is 5.75 Å². The highest BCUT2D eigenvalue weighted by Crippen LogP contribution is 2.32. The average Bonchev–Trinajstić information content (AvgIpc) is 2.83. The molecule has 0 aliphatic heterocycles. The molecule has 6 heteroatoms. The van der Waals surface area contributed by atoms with Crippen LogP contribution in [-0.4, -0.2) is 12.8 Å². The van der Waals surface area contributed by atoms with Gasteiger partial charge >= 0.3 is 6.18 Å². The van der Waals surface area contributed by atoms with Crippen LogP contribution in [0.2, 0.25) is 0 Å². The van der Waals surface area contributed by atoms with E-state index in [4.69, 9.17) is 4.74 Å². The lowest BCUT2D eigenvalue weighted by Gasteiger charge is -2.18. The number of aryl methyl sites for hydroxylation is 1. The zero-order chi connectivity index (χ0) is 15.5. The van der Waals surface area contributed by atoms with Crippen LogP contribution in [0.4, 0.5) is 18.9 Å². The lowest BCUT2D eigenvalue weighted by molar-refractivity contribution is -0.153. The number of rotatable bonds is 5. The van der Waals surface area contributed by atoms with Crippen LogP contribution in [0.15, 0.2) is 35.7 Å². The fraction of sp³-hybridized carbons (Fsp3) is 0.333. The minimum absolute atomic E-state index is 0.000590. The molecule has 114 valence electrons. The van der Waals surface area contributed by atoms with Gasteiger partial charge in [0.25, 0.3) is 0 Å². The third kappa shape index (κ3) is 4.39. The van der Waals surface area contributed by atoms with Crippen molar-refractivity contribution in [2.75, 3.05) is 11.9 Å². The summed E-state index contributed by atoms with van der Waals surface area (Å²) in [5.74, 6) is 0.205. The lowest BCUT2D eigenvalue weighted by Crippen LogP contribution is -2.20. The van der Waals surface area contributed by atoms with Crippen molar-refractivity contribution in [2.24, 2.45) is 0 Å². The highest BCUT2D eigenvalue weighted by Gasteiger charge is 2.28. The minimum Gasteiger partial charge on any atom is -0.482 e. The Bertz CT molecular complexity index is 595. The molecule has 0 bridgehead atoms. The second-order valence-corrected chi connectivity index (χ2v) is 5.68. The van der Waals surface area contributed by atoms with Crippen molar-refractivity contribution in [3.8, 4) is 5.75 Å². The van der Waals surface area contributed by atoms with Crippen LogP contribution in [0.1, 0.15) is 23.4 Å². The van der Waals surface area contributed by atoms with Gasteiger partial charge in [-0.1, -0.05) is 12.1 Å². The summed E-state index contributed by atoms with van der Waals surface area (Å²) in [6.07, 6.45) is -4.34. The van der Waals surface area contributed by atoms with Crippen molar-refractivity contribution in [1.29, 1.82) is 0 Å². The number of thiophene rings is 1. The molecule has 0 fully saturated rings. The molecule has 1 aromatic heterocycles. The number of halogens is 3. The third-order valence-electron chi connectivity index (χ3n) is 2.95. The van der Waals surface area contributed by atoms with E-state index in [1.165, 1.54) is 6.07 Å². The monoisotopic (exact) mass is 315 g/mol. The molecular weight excluding hydrogens is 299 g/mol. The van der Waals surface area contributed by atoms with Gasteiger partial charge in [0, 0.05) is 4.88 Å². The Balaban J connectivity index is 2.11. The Kier molecular flexibility index (Phi) is 4.77. The van der Waals surface area contributed by atoms with E-state index in [1.54, 1.807) is 29.5 Å². The van der Waals surface area contributed by atoms with Crippen LogP contribution in [0.25, 0.3) is 0 Å². The Hall–Kier alpha value is -1.69. The first-order chi connectivity index (χ1) is 9.87. The standard InChI is InChI=1S/C15H16F3NOS/c1-10-7-8-21-14(10)11(2)19-12-5-3-4-6-13(12)20-9-15(16,17)18/h3-8,11,19H,9H2,1-2H3. The van der Waals surface area contributed by atoms with Crippen LogP contribution >= 0.6 is 11.3 Å². The number of nitrogens with one attached hydrogen (secondary N) is 1. The summed E-state index contributed by atoms with van der Waals surface area (Å²) in [4.78, 5) is 1.15. The van der Waals surface area contributed by atoms with Gasteiger partial charge < -0.3 is 10.1 Å². The molecule has 1 aromatic carbocycles. The third-order valence-corrected chi connectivity index (χ3v) is 4.15. The Labute approximate surface area is 125 Å². The summed E-state index contributed by atoms with van der Waals surface area (Å²) in [6, 6.07) is 8.67. The first-order valence-electron chi connectivity index (χ1n) is 6.46. The van der Waals surface area contributed by atoms with Crippen LogP contribution in [-0.2, 0) is 0 Å². The topological polar surface area (TPSA) is 21.3 Å². The second kappa shape index (κ2) is 6.39. The normalized spacial score (nSPS) is 13.0. The van der Waals surface area contributed by atoms with Gasteiger partial charge in [0.1, 0.15) is 5.75 Å². The Morgan fingerprint density at radius 3 is 2.57 bits per heavy atom. The largest absolute Gasteiger partial charge is 0.482 e. The Morgan fingerprint density at radius 2 is 1.95 bits per heavy atom. The summed E-state index contributed by atoms with van der Waals surface area (Å²) in [6.45, 7) is 2.69. The predicted octanol–water partition coefficient (Wildman–Crippen LogP) is 5.17. The highest BCUT2D eigenvalue weighted by atomic mass is 32.1. The summed E-state index contributed by atoms with van der Waals surface area (Å²) < 4.78 is 41.7. The van der Waals surface area contributed by atoms with Crippen molar-refractivity contribution in [1.82, 2.24) is 0 Å². The SMILES string of the molecule is Cc1ccsc1C(C)Nc1ccccc1OCC(F)(F)F. The number of hydrogen-bond donors (Lipinski definition) is 1. The molecule has 1 heterocycles. The van der Waals surface area contributed by atoms with E-state index in [1.807, 2.05) is 25.3 Å². The van der Waals surface area contributed by atoms with Crippen molar-refractivity contribution in [3.63, 3.8) is 0 Å². The summed E-state index contributed by atoms with van der Waals surface area (Å²) in [5.41, 5.74) is 1.72. The van der Waals surface area contributed by atoms with Gasteiger partial charge in [-0.3, -0.25) is 0 Å². The number of alkyl halides is 3. The molecule has 0 saturated carbocycles. The maximum Gasteiger partial charge on any atom is 0.422 e. The van der Waals surface area contributed by atoms with Crippen LogP contribution in [0, 0.1) is 6.92 Å². The molecule has 0 aliphatic carbocycles. The molecule has 1 unspecified atom stereocenters. The number of para-hydroxylation sites is 2. The molecule has 0 amide bonds. The van der Waals surface area contributed by atoms with Crippen molar-refractivity contribution < 1.29 is 17.9 Å². The highest BCUT2D eigenvalue weighted by molar-refractivity contribution is 7.10. The van der Waals surface area contributed by atoms with E-state index in [0.717, 1.165) is 10.4 Å². The fourth-order valence-electron chi connectivity index (χ4n) is 2.00. The Morgan fingerprint density at radius 1 is 1.24 bits per heavy atom. The molecule has 0 spiro atoms. The smallest absolute Gasteiger partial charge is 0.422 e. The van der Waals surface area contributed by atoms with Crippen molar-refractivity contribution in [3.05, 3.63) is 46.2 Å². The van der Waals surface area contributed by atoms with Crippen molar-refractivity contribution in [2.45, 2.75) is 26.1 Å². The van der Waals surface area contributed by atoms with Crippen molar-refractivity contribution >= 4 is 17.0 Å². The van der Waals surface area contributed by atoms with Crippen LogP contribution in [0.3, 0.4) is 0 Å². The molecule has 1 N–H and O–H groups in total. The molecular formula is C15H16F3NOS. The lowest BCUT2D eigenvalue weighted by atomic mass is 10.2. The maximum atomic E-state index is 12.3. The van der Waals surface area contributed by atoms with E-state index >= 15 is 0 Å². The maximum absolute atomic E-state index is 12.3.